The topological polar surface area (TPSA) is 50.2 Å². The maximum Gasteiger partial charge on any atom is 0.355 e. The average Bonchev–Trinajstić information content (AvgIpc) is 2.61. The highest BCUT2D eigenvalue weighted by Gasteiger charge is 2.24. The summed E-state index contributed by atoms with van der Waals surface area (Å²) in [6.07, 6.45) is 4.80. The second kappa shape index (κ2) is 4.53. The monoisotopic (exact) mass is 239 g/mol. The zero-order valence-corrected chi connectivity index (χ0v) is 10.5. The van der Waals surface area contributed by atoms with Gasteiger partial charge in [0.1, 0.15) is 0 Å². The minimum Gasteiger partial charge on any atom is -0.476 e. The molecule has 0 aromatic carbocycles. The summed E-state index contributed by atoms with van der Waals surface area (Å²) in [6, 6.07) is 0. The molecule has 16 heavy (non-hydrogen) atoms. The number of hydrogen-bond acceptors (Lipinski definition) is 3. The summed E-state index contributed by atoms with van der Waals surface area (Å²) in [6.45, 7) is 4.13. The molecule has 0 amide bonds. The predicted octanol–water partition coefficient (Wildman–Crippen LogP) is 3.44. The van der Waals surface area contributed by atoms with Crippen LogP contribution in [0.2, 0.25) is 0 Å². The van der Waals surface area contributed by atoms with Crippen molar-refractivity contribution in [3.63, 3.8) is 0 Å². The standard InChI is InChI=1S/C12H17NO2S/c1-7-3-5-9(6-4-7)11-13-10(12(14)15)8(2)16-11/h7,9H,3-6H2,1-2H3,(H,14,15). The Hall–Kier alpha value is -0.900. The summed E-state index contributed by atoms with van der Waals surface area (Å²) in [5.74, 6) is 0.411. The Labute approximate surface area is 99.5 Å². The van der Waals surface area contributed by atoms with Crippen LogP contribution in [0.1, 0.15) is 58.9 Å². The zero-order valence-electron chi connectivity index (χ0n) is 9.69. The third-order valence-corrected chi connectivity index (χ3v) is 4.51. The summed E-state index contributed by atoms with van der Waals surface area (Å²) in [7, 11) is 0. The maximum absolute atomic E-state index is 10.9. The molecule has 0 bridgehead atoms. The van der Waals surface area contributed by atoms with Crippen LogP contribution in [0.3, 0.4) is 0 Å². The third kappa shape index (κ3) is 2.26. The molecule has 0 saturated heterocycles. The van der Waals surface area contributed by atoms with Crippen LogP contribution < -0.4 is 0 Å². The Morgan fingerprint density at radius 1 is 1.38 bits per heavy atom. The number of nitrogens with zero attached hydrogens (tertiary/aromatic N) is 1. The van der Waals surface area contributed by atoms with E-state index in [-0.39, 0.29) is 5.69 Å². The smallest absolute Gasteiger partial charge is 0.355 e. The molecule has 1 aromatic heterocycles. The van der Waals surface area contributed by atoms with E-state index in [2.05, 4.69) is 11.9 Å². The van der Waals surface area contributed by atoms with E-state index < -0.39 is 5.97 Å². The largest absolute Gasteiger partial charge is 0.476 e. The van der Waals surface area contributed by atoms with Crippen LogP contribution >= 0.6 is 11.3 Å². The second-order valence-electron chi connectivity index (χ2n) is 4.72. The van der Waals surface area contributed by atoms with Gasteiger partial charge in [0.15, 0.2) is 5.69 Å². The molecule has 1 saturated carbocycles. The zero-order chi connectivity index (χ0) is 11.7. The predicted molar refractivity (Wildman–Crippen MR) is 64.2 cm³/mol. The number of thiazole rings is 1. The van der Waals surface area contributed by atoms with Gasteiger partial charge in [-0.3, -0.25) is 0 Å². The van der Waals surface area contributed by atoms with E-state index in [1.165, 1.54) is 12.8 Å². The minimum atomic E-state index is -0.899. The second-order valence-corrected chi connectivity index (χ2v) is 5.95. The first-order valence-electron chi connectivity index (χ1n) is 5.78. The summed E-state index contributed by atoms with van der Waals surface area (Å²) in [4.78, 5) is 16.0. The molecule has 88 valence electrons. The summed E-state index contributed by atoms with van der Waals surface area (Å²) >= 11 is 1.56. The quantitative estimate of drug-likeness (QED) is 0.860. The van der Waals surface area contributed by atoms with Crippen molar-refractivity contribution in [2.24, 2.45) is 5.92 Å². The number of aromatic nitrogens is 1. The third-order valence-electron chi connectivity index (χ3n) is 3.38. The molecule has 1 aromatic rings. The van der Waals surface area contributed by atoms with Crippen LogP contribution in [0, 0.1) is 12.8 Å². The van der Waals surface area contributed by atoms with Gasteiger partial charge in [-0.05, 0) is 25.7 Å². The molecule has 1 aliphatic rings. The molecule has 1 N–H and O–H groups in total. The number of carbonyl (C=O) groups is 1. The van der Waals surface area contributed by atoms with Crippen LogP contribution in [0.4, 0.5) is 0 Å². The lowest BCUT2D eigenvalue weighted by atomic mass is 9.83. The molecule has 1 heterocycles. The first-order chi connectivity index (χ1) is 7.58. The average molecular weight is 239 g/mol. The van der Waals surface area contributed by atoms with E-state index in [0.29, 0.717) is 5.92 Å². The van der Waals surface area contributed by atoms with Crippen LogP contribution in [0.5, 0.6) is 0 Å². The number of hydrogen-bond donors (Lipinski definition) is 1. The lowest BCUT2D eigenvalue weighted by Gasteiger charge is -2.24. The van der Waals surface area contributed by atoms with E-state index >= 15 is 0 Å². The van der Waals surface area contributed by atoms with Gasteiger partial charge in [-0.1, -0.05) is 19.8 Å². The van der Waals surface area contributed by atoms with Crippen LogP contribution in [0.25, 0.3) is 0 Å². The molecule has 1 fully saturated rings. The van der Waals surface area contributed by atoms with Crippen molar-refractivity contribution in [2.75, 3.05) is 0 Å². The van der Waals surface area contributed by atoms with Gasteiger partial charge in [-0.15, -0.1) is 11.3 Å². The SMILES string of the molecule is Cc1sc(C2CCC(C)CC2)nc1C(=O)O. The Morgan fingerprint density at radius 3 is 2.50 bits per heavy atom. The van der Waals surface area contributed by atoms with E-state index in [4.69, 9.17) is 5.11 Å². The van der Waals surface area contributed by atoms with Gasteiger partial charge < -0.3 is 5.11 Å². The lowest BCUT2D eigenvalue weighted by Crippen LogP contribution is -2.11. The molecule has 0 radical (unpaired) electrons. The fourth-order valence-electron chi connectivity index (χ4n) is 2.30. The highest BCUT2D eigenvalue weighted by Crippen LogP contribution is 2.37. The van der Waals surface area contributed by atoms with E-state index in [0.717, 1.165) is 28.6 Å². The number of aryl methyl sites for hydroxylation is 1. The van der Waals surface area contributed by atoms with Crippen molar-refractivity contribution in [3.05, 3.63) is 15.6 Å². The fraction of sp³-hybridized carbons (Fsp3) is 0.667. The Balaban J connectivity index is 2.15. The van der Waals surface area contributed by atoms with Crippen molar-refractivity contribution < 1.29 is 9.90 Å². The summed E-state index contributed by atoms with van der Waals surface area (Å²) < 4.78 is 0. The van der Waals surface area contributed by atoms with Crippen molar-refractivity contribution in [2.45, 2.75) is 45.4 Å². The minimum absolute atomic E-state index is 0.249. The molecule has 0 aliphatic heterocycles. The molecule has 0 atom stereocenters. The molecule has 0 spiro atoms. The van der Waals surface area contributed by atoms with Gasteiger partial charge in [0.05, 0.1) is 5.01 Å². The van der Waals surface area contributed by atoms with Crippen LogP contribution in [-0.2, 0) is 0 Å². The number of carboxylic acid groups (broad SMARTS) is 1. The van der Waals surface area contributed by atoms with Gasteiger partial charge >= 0.3 is 5.97 Å². The van der Waals surface area contributed by atoms with Crippen molar-refractivity contribution >= 4 is 17.3 Å². The van der Waals surface area contributed by atoms with Gasteiger partial charge in [0.2, 0.25) is 0 Å². The highest BCUT2D eigenvalue weighted by atomic mass is 32.1. The molecular weight excluding hydrogens is 222 g/mol. The number of carboxylic acids is 1. The molecule has 0 unspecified atom stereocenters. The Morgan fingerprint density at radius 2 is 2.00 bits per heavy atom. The molecule has 1 aliphatic carbocycles. The molecular formula is C12H17NO2S. The Kier molecular flexibility index (Phi) is 3.28. The van der Waals surface area contributed by atoms with E-state index in [9.17, 15) is 4.79 Å². The van der Waals surface area contributed by atoms with Crippen molar-refractivity contribution in [1.29, 1.82) is 0 Å². The van der Waals surface area contributed by atoms with E-state index in [1.807, 2.05) is 6.92 Å². The van der Waals surface area contributed by atoms with Gasteiger partial charge in [-0.2, -0.15) is 0 Å². The van der Waals surface area contributed by atoms with Gasteiger partial charge in [0, 0.05) is 10.8 Å². The van der Waals surface area contributed by atoms with E-state index in [1.54, 1.807) is 11.3 Å². The first-order valence-corrected chi connectivity index (χ1v) is 6.60. The molecule has 4 heteroatoms. The fourth-order valence-corrected chi connectivity index (χ4v) is 3.38. The van der Waals surface area contributed by atoms with Crippen LogP contribution in [-0.4, -0.2) is 16.1 Å². The highest BCUT2D eigenvalue weighted by molar-refractivity contribution is 7.12. The normalized spacial score (nSPS) is 25.6. The van der Waals surface area contributed by atoms with Crippen LogP contribution in [0.15, 0.2) is 0 Å². The van der Waals surface area contributed by atoms with Gasteiger partial charge in [0.25, 0.3) is 0 Å². The Bertz CT molecular complexity index is 392. The first kappa shape index (κ1) is 11.6. The van der Waals surface area contributed by atoms with Crippen molar-refractivity contribution in [1.82, 2.24) is 4.98 Å². The maximum atomic E-state index is 10.9. The lowest BCUT2D eigenvalue weighted by molar-refractivity contribution is 0.0690. The molecule has 3 nitrogen and oxygen atoms in total. The van der Waals surface area contributed by atoms with Crippen molar-refractivity contribution in [3.8, 4) is 0 Å². The number of rotatable bonds is 2. The molecule has 2 rings (SSSR count). The summed E-state index contributed by atoms with van der Waals surface area (Å²) in [5.41, 5.74) is 0.249. The summed E-state index contributed by atoms with van der Waals surface area (Å²) in [5, 5.41) is 9.99. The van der Waals surface area contributed by atoms with Gasteiger partial charge in [-0.25, -0.2) is 9.78 Å². The number of aromatic carboxylic acids is 1.